The Morgan fingerprint density at radius 3 is 2.50 bits per heavy atom. The van der Waals surface area contributed by atoms with Crippen LogP contribution in [0, 0.1) is 5.92 Å². The Morgan fingerprint density at radius 2 is 2.00 bits per heavy atom. The highest BCUT2D eigenvalue weighted by Gasteiger charge is 2.31. The molecule has 1 heterocycles. The van der Waals surface area contributed by atoms with Crippen LogP contribution >= 0.6 is 0 Å². The first kappa shape index (κ1) is 12.0. The van der Waals surface area contributed by atoms with E-state index in [-0.39, 0.29) is 12.0 Å². The van der Waals surface area contributed by atoms with Crippen molar-refractivity contribution in [1.29, 1.82) is 0 Å². The number of piperidine rings is 1. The van der Waals surface area contributed by atoms with Gasteiger partial charge < -0.3 is 15.5 Å². The summed E-state index contributed by atoms with van der Waals surface area (Å²) >= 11 is 0. The van der Waals surface area contributed by atoms with Gasteiger partial charge in [0.05, 0.1) is 11.7 Å². The largest absolute Gasteiger partial charge is 0.393 e. The fourth-order valence-corrected chi connectivity index (χ4v) is 2.14. The zero-order valence-electron chi connectivity index (χ0n) is 9.29. The molecule has 1 rings (SSSR count). The Labute approximate surface area is 86.5 Å². The summed E-state index contributed by atoms with van der Waals surface area (Å²) in [6.07, 6.45) is 2.84. The van der Waals surface area contributed by atoms with Gasteiger partial charge in [0.1, 0.15) is 0 Å². The zero-order chi connectivity index (χ0) is 10.6. The lowest BCUT2D eigenvalue weighted by Crippen LogP contribution is -2.44. The van der Waals surface area contributed by atoms with Crippen LogP contribution in [-0.4, -0.2) is 35.0 Å². The van der Waals surface area contributed by atoms with E-state index in [2.05, 4.69) is 5.32 Å². The van der Waals surface area contributed by atoms with Crippen LogP contribution in [0.2, 0.25) is 0 Å². The minimum absolute atomic E-state index is 0.216. The average Bonchev–Trinajstić information content (AvgIpc) is 2.21. The molecule has 0 spiro atoms. The van der Waals surface area contributed by atoms with Crippen molar-refractivity contribution in [2.75, 3.05) is 13.1 Å². The van der Waals surface area contributed by atoms with Crippen molar-refractivity contribution in [3.8, 4) is 0 Å². The maximum Gasteiger partial charge on any atom is 0.0646 e. The molecule has 84 valence electrons. The molecular weight excluding hydrogens is 178 g/mol. The lowest BCUT2D eigenvalue weighted by Gasteiger charge is -2.35. The summed E-state index contributed by atoms with van der Waals surface area (Å²) in [6, 6.07) is 0. The van der Waals surface area contributed by atoms with Crippen LogP contribution in [0.3, 0.4) is 0 Å². The predicted octanol–water partition coefficient (Wildman–Crippen LogP) is 0.898. The summed E-state index contributed by atoms with van der Waals surface area (Å²) in [5, 5.41) is 23.2. The Balaban J connectivity index is 2.48. The smallest absolute Gasteiger partial charge is 0.0646 e. The molecule has 0 aliphatic carbocycles. The second kappa shape index (κ2) is 5.10. The highest BCUT2D eigenvalue weighted by Crippen LogP contribution is 2.27. The molecule has 1 aliphatic rings. The summed E-state index contributed by atoms with van der Waals surface area (Å²) in [5.41, 5.74) is -0.579. The van der Waals surface area contributed by atoms with Crippen LogP contribution in [0.1, 0.15) is 39.5 Å². The summed E-state index contributed by atoms with van der Waals surface area (Å²) in [7, 11) is 0. The molecule has 3 heteroatoms. The number of aliphatic hydroxyl groups excluding tert-OH is 1. The van der Waals surface area contributed by atoms with Crippen LogP contribution in [-0.2, 0) is 0 Å². The first-order chi connectivity index (χ1) is 6.61. The van der Waals surface area contributed by atoms with Gasteiger partial charge in [0.25, 0.3) is 0 Å². The van der Waals surface area contributed by atoms with Gasteiger partial charge in [-0.3, -0.25) is 0 Å². The van der Waals surface area contributed by atoms with E-state index in [0.717, 1.165) is 32.4 Å². The number of aliphatic hydroxyl groups is 2. The topological polar surface area (TPSA) is 52.5 Å². The van der Waals surface area contributed by atoms with Crippen molar-refractivity contribution < 1.29 is 10.2 Å². The predicted molar refractivity (Wildman–Crippen MR) is 57.1 cm³/mol. The average molecular weight is 201 g/mol. The molecule has 2 unspecified atom stereocenters. The molecule has 2 atom stereocenters. The summed E-state index contributed by atoms with van der Waals surface area (Å²) in [4.78, 5) is 0. The maximum atomic E-state index is 10.2. The minimum Gasteiger partial charge on any atom is -0.393 e. The van der Waals surface area contributed by atoms with E-state index in [0.29, 0.717) is 6.42 Å². The van der Waals surface area contributed by atoms with E-state index in [4.69, 9.17) is 0 Å². The van der Waals surface area contributed by atoms with Crippen LogP contribution in [0.25, 0.3) is 0 Å². The van der Waals surface area contributed by atoms with Crippen LogP contribution in [0.5, 0.6) is 0 Å². The first-order valence-corrected chi connectivity index (χ1v) is 5.72. The normalized spacial score (nSPS) is 29.1. The van der Waals surface area contributed by atoms with E-state index in [1.54, 1.807) is 0 Å². The molecule has 1 aliphatic heterocycles. The second-order valence-corrected chi connectivity index (χ2v) is 4.46. The molecule has 3 N–H and O–H groups in total. The van der Waals surface area contributed by atoms with Crippen molar-refractivity contribution in [1.82, 2.24) is 5.32 Å². The number of rotatable bonds is 4. The van der Waals surface area contributed by atoms with Crippen LogP contribution in [0.4, 0.5) is 0 Å². The van der Waals surface area contributed by atoms with E-state index >= 15 is 0 Å². The van der Waals surface area contributed by atoms with Gasteiger partial charge in [-0.2, -0.15) is 0 Å². The van der Waals surface area contributed by atoms with Crippen molar-refractivity contribution in [3.05, 3.63) is 0 Å². The monoisotopic (exact) mass is 201 g/mol. The standard InChI is InChI=1S/C11H23NO2/c1-3-11(14,4-2)7-9-8-12-6-5-10(9)13/h9-10,12-14H,3-8H2,1-2H3. The summed E-state index contributed by atoms with van der Waals surface area (Å²) < 4.78 is 0. The van der Waals surface area contributed by atoms with Gasteiger partial charge in [0, 0.05) is 12.5 Å². The molecular formula is C11H23NO2. The molecule has 1 saturated heterocycles. The molecule has 0 aromatic rings. The fraction of sp³-hybridized carbons (Fsp3) is 1.00. The number of hydrogen-bond donors (Lipinski definition) is 3. The Bertz CT molecular complexity index is 169. The number of nitrogens with one attached hydrogen (secondary N) is 1. The highest BCUT2D eigenvalue weighted by atomic mass is 16.3. The Kier molecular flexibility index (Phi) is 4.35. The summed E-state index contributed by atoms with van der Waals surface area (Å²) in [5.74, 6) is 0.216. The lowest BCUT2D eigenvalue weighted by molar-refractivity contribution is -0.0255. The van der Waals surface area contributed by atoms with Crippen LogP contribution < -0.4 is 5.32 Å². The third kappa shape index (κ3) is 2.94. The maximum absolute atomic E-state index is 10.2. The minimum atomic E-state index is -0.579. The first-order valence-electron chi connectivity index (χ1n) is 5.72. The van der Waals surface area contributed by atoms with Gasteiger partial charge >= 0.3 is 0 Å². The van der Waals surface area contributed by atoms with Crippen molar-refractivity contribution in [3.63, 3.8) is 0 Å². The van der Waals surface area contributed by atoms with E-state index in [1.165, 1.54) is 0 Å². The molecule has 0 bridgehead atoms. The fourth-order valence-electron chi connectivity index (χ4n) is 2.14. The third-order valence-electron chi connectivity index (χ3n) is 3.53. The molecule has 0 radical (unpaired) electrons. The van der Waals surface area contributed by atoms with Gasteiger partial charge in [-0.1, -0.05) is 13.8 Å². The van der Waals surface area contributed by atoms with Crippen LogP contribution in [0.15, 0.2) is 0 Å². The number of hydrogen-bond acceptors (Lipinski definition) is 3. The molecule has 0 aromatic heterocycles. The van der Waals surface area contributed by atoms with Crippen molar-refractivity contribution in [2.45, 2.75) is 51.2 Å². The molecule has 0 amide bonds. The van der Waals surface area contributed by atoms with Gasteiger partial charge in [0.15, 0.2) is 0 Å². The quantitative estimate of drug-likeness (QED) is 0.633. The second-order valence-electron chi connectivity index (χ2n) is 4.46. The Hall–Kier alpha value is -0.120. The highest BCUT2D eigenvalue weighted by molar-refractivity contribution is 4.85. The van der Waals surface area contributed by atoms with Gasteiger partial charge in [-0.25, -0.2) is 0 Å². The molecule has 0 saturated carbocycles. The van der Waals surface area contributed by atoms with E-state index < -0.39 is 5.60 Å². The summed E-state index contributed by atoms with van der Waals surface area (Å²) in [6.45, 7) is 5.75. The van der Waals surface area contributed by atoms with Crippen molar-refractivity contribution in [2.24, 2.45) is 5.92 Å². The lowest BCUT2D eigenvalue weighted by atomic mass is 9.81. The molecule has 1 fully saturated rings. The van der Waals surface area contributed by atoms with Gasteiger partial charge in [0.2, 0.25) is 0 Å². The van der Waals surface area contributed by atoms with Gasteiger partial charge in [-0.15, -0.1) is 0 Å². The van der Waals surface area contributed by atoms with E-state index in [9.17, 15) is 10.2 Å². The SMILES string of the molecule is CCC(O)(CC)CC1CNCCC1O. The molecule has 3 nitrogen and oxygen atoms in total. The Morgan fingerprint density at radius 1 is 1.36 bits per heavy atom. The zero-order valence-corrected chi connectivity index (χ0v) is 9.29. The van der Waals surface area contributed by atoms with Crippen molar-refractivity contribution >= 4 is 0 Å². The van der Waals surface area contributed by atoms with Gasteiger partial charge in [-0.05, 0) is 32.2 Å². The van der Waals surface area contributed by atoms with E-state index in [1.807, 2.05) is 13.8 Å². The third-order valence-corrected chi connectivity index (χ3v) is 3.53. The molecule has 0 aromatic carbocycles. The molecule has 14 heavy (non-hydrogen) atoms.